The first-order chi connectivity index (χ1) is 8.86. The number of benzene rings is 1. The highest BCUT2D eigenvalue weighted by Gasteiger charge is 2.18. The van der Waals surface area contributed by atoms with E-state index in [0.717, 1.165) is 0 Å². The fraction of sp³-hybridized carbons (Fsp3) is 0.385. The van der Waals surface area contributed by atoms with E-state index in [-0.39, 0.29) is 29.2 Å². The van der Waals surface area contributed by atoms with E-state index < -0.39 is 0 Å². The van der Waals surface area contributed by atoms with Crippen molar-refractivity contribution in [1.29, 1.82) is 0 Å². The minimum Gasteiger partial charge on any atom is -0.506 e. The molecule has 104 valence electrons. The number of nitrogen functional groups attached to an aromatic ring is 1. The molecule has 0 saturated carbocycles. The number of phenols is 1. The van der Waals surface area contributed by atoms with Gasteiger partial charge in [-0.2, -0.15) is 0 Å². The maximum Gasteiger partial charge on any atom is 0.253 e. The third-order valence-corrected chi connectivity index (χ3v) is 2.87. The molecule has 0 bridgehead atoms. The molecule has 6 heteroatoms. The summed E-state index contributed by atoms with van der Waals surface area (Å²) < 4.78 is 0. The van der Waals surface area contributed by atoms with E-state index in [1.54, 1.807) is 27.1 Å². The maximum atomic E-state index is 12.1. The first kappa shape index (κ1) is 14.8. The molecule has 4 N–H and O–H groups in total. The van der Waals surface area contributed by atoms with E-state index in [9.17, 15) is 14.7 Å². The van der Waals surface area contributed by atoms with Gasteiger partial charge in [-0.25, -0.2) is 0 Å². The topological polar surface area (TPSA) is 95.7 Å². The molecule has 0 radical (unpaired) electrons. The fourth-order valence-corrected chi connectivity index (χ4v) is 1.72. The minimum absolute atomic E-state index is 0.125. The van der Waals surface area contributed by atoms with Gasteiger partial charge in [0.05, 0.1) is 11.6 Å². The number of nitrogens with zero attached hydrogens (tertiary/aromatic N) is 1. The number of carbonyl (C=O) groups is 2. The van der Waals surface area contributed by atoms with Crippen molar-refractivity contribution in [2.24, 2.45) is 5.92 Å². The van der Waals surface area contributed by atoms with Gasteiger partial charge < -0.3 is 21.1 Å². The third kappa shape index (κ3) is 3.61. The lowest BCUT2D eigenvalue weighted by Gasteiger charge is -2.21. The summed E-state index contributed by atoms with van der Waals surface area (Å²) in [6, 6.07) is 4.33. The van der Waals surface area contributed by atoms with Crippen molar-refractivity contribution in [3.8, 4) is 5.75 Å². The summed E-state index contributed by atoms with van der Waals surface area (Å²) in [5.41, 5.74) is 6.03. The van der Waals surface area contributed by atoms with Crippen LogP contribution in [0.4, 0.5) is 5.69 Å². The smallest absolute Gasteiger partial charge is 0.253 e. The van der Waals surface area contributed by atoms with Gasteiger partial charge in [0, 0.05) is 26.2 Å². The number of aromatic hydroxyl groups is 1. The largest absolute Gasteiger partial charge is 0.506 e. The van der Waals surface area contributed by atoms with E-state index in [1.165, 1.54) is 17.0 Å². The molecule has 1 aromatic rings. The Morgan fingerprint density at radius 2 is 2.11 bits per heavy atom. The highest BCUT2D eigenvalue weighted by Crippen LogP contribution is 2.21. The van der Waals surface area contributed by atoms with Crippen LogP contribution in [-0.4, -0.2) is 42.5 Å². The number of amides is 2. The Hall–Kier alpha value is -2.24. The lowest BCUT2D eigenvalue weighted by molar-refractivity contribution is -0.124. The van der Waals surface area contributed by atoms with Crippen molar-refractivity contribution in [3.05, 3.63) is 23.8 Å². The molecular weight excluding hydrogens is 246 g/mol. The zero-order valence-corrected chi connectivity index (χ0v) is 11.3. The normalized spacial score (nSPS) is 11.7. The highest BCUT2D eigenvalue weighted by atomic mass is 16.3. The zero-order valence-electron chi connectivity index (χ0n) is 11.3. The molecule has 1 rings (SSSR count). The van der Waals surface area contributed by atoms with Crippen LogP contribution in [0.15, 0.2) is 18.2 Å². The number of nitrogens with two attached hydrogens (primary N) is 1. The number of hydrogen-bond acceptors (Lipinski definition) is 4. The van der Waals surface area contributed by atoms with E-state index >= 15 is 0 Å². The lowest BCUT2D eigenvalue weighted by Crippen LogP contribution is -2.37. The molecule has 0 aliphatic rings. The van der Waals surface area contributed by atoms with Crippen LogP contribution in [0.2, 0.25) is 0 Å². The van der Waals surface area contributed by atoms with Crippen molar-refractivity contribution in [2.45, 2.75) is 6.92 Å². The highest BCUT2D eigenvalue weighted by molar-refractivity contribution is 5.95. The molecular formula is C13H19N3O3. The monoisotopic (exact) mass is 265 g/mol. The van der Waals surface area contributed by atoms with Gasteiger partial charge in [-0.15, -0.1) is 0 Å². The standard InChI is InChI=1S/C13H19N3O3/c1-8(12(18)15-2)7-16(3)13(19)9-4-5-10(14)11(17)6-9/h4-6,8,17H,7,14H2,1-3H3,(H,15,18). The van der Waals surface area contributed by atoms with Gasteiger partial charge in [0.1, 0.15) is 5.75 Å². The fourth-order valence-electron chi connectivity index (χ4n) is 1.72. The molecule has 0 aromatic heterocycles. The van der Waals surface area contributed by atoms with Crippen molar-refractivity contribution in [1.82, 2.24) is 10.2 Å². The Bertz CT molecular complexity index is 488. The third-order valence-electron chi connectivity index (χ3n) is 2.87. The van der Waals surface area contributed by atoms with Gasteiger partial charge in [-0.3, -0.25) is 9.59 Å². The van der Waals surface area contributed by atoms with E-state index in [0.29, 0.717) is 12.1 Å². The average molecular weight is 265 g/mol. The Morgan fingerprint density at radius 1 is 1.47 bits per heavy atom. The summed E-state index contributed by atoms with van der Waals surface area (Å²) in [5.74, 6) is -0.828. The van der Waals surface area contributed by atoms with Gasteiger partial charge in [-0.05, 0) is 18.2 Å². The minimum atomic E-state index is -0.304. The Kier molecular flexibility index (Phi) is 4.74. The first-order valence-corrected chi connectivity index (χ1v) is 5.92. The van der Waals surface area contributed by atoms with Crippen LogP contribution in [-0.2, 0) is 4.79 Å². The van der Waals surface area contributed by atoms with Crippen LogP contribution in [0.5, 0.6) is 5.75 Å². The number of anilines is 1. The van der Waals surface area contributed by atoms with Crippen molar-refractivity contribution in [2.75, 3.05) is 26.4 Å². The predicted octanol–water partition coefficient (Wildman–Crippen LogP) is 0.428. The number of carbonyl (C=O) groups excluding carboxylic acids is 2. The molecule has 0 heterocycles. The summed E-state index contributed by atoms with van der Waals surface area (Å²) in [7, 11) is 3.16. The van der Waals surface area contributed by atoms with Gasteiger partial charge in [0.25, 0.3) is 5.91 Å². The van der Waals surface area contributed by atoms with Crippen LogP contribution in [0.3, 0.4) is 0 Å². The average Bonchev–Trinajstić information content (AvgIpc) is 2.39. The predicted molar refractivity (Wildman–Crippen MR) is 72.7 cm³/mol. The van der Waals surface area contributed by atoms with Crippen LogP contribution in [0, 0.1) is 5.92 Å². The molecule has 2 amide bonds. The second kappa shape index (κ2) is 6.08. The van der Waals surface area contributed by atoms with Crippen LogP contribution < -0.4 is 11.1 Å². The summed E-state index contributed by atoms with van der Waals surface area (Å²) >= 11 is 0. The summed E-state index contributed by atoms with van der Waals surface area (Å²) in [4.78, 5) is 24.9. The molecule has 6 nitrogen and oxygen atoms in total. The molecule has 1 atom stereocenters. The van der Waals surface area contributed by atoms with Crippen LogP contribution in [0.1, 0.15) is 17.3 Å². The maximum absolute atomic E-state index is 12.1. The molecule has 0 fully saturated rings. The van der Waals surface area contributed by atoms with Gasteiger partial charge in [0.15, 0.2) is 0 Å². The molecule has 0 spiro atoms. The van der Waals surface area contributed by atoms with Crippen LogP contribution in [0.25, 0.3) is 0 Å². The molecule has 0 aliphatic heterocycles. The number of rotatable bonds is 4. The molecule has 0 aliphatic carbocycles. The van der Waals surface area contributed by atoms with E-state index in [1.807, 2.05) is 0 Å². The van der Waals surface area contributed by atoms with E-state index in [4.69, 9.17) is 5.73 Å². The Labute approximate surface area is 112 Å². The van der Waals surface area contributed by atoms with Gasteiger partial charge >= 0.3 is 0 Å². The Balaban J connectivity index is 2.76. The summed E-state index contributed by atoms with van der Waals surface area (Å²) in [6.07, 6.45) is 0. The molecule has 1 unspecified atom stereocenters. The SMILES string of the molecule is CNC(=O)C(C)CN(C)C(=O)c1ccc(N)c(O)c1. The molecule has 0 saturated heterocycles. The Morgan fingerprint density at radius 3 is 2.63 bits per heavy atom. The van der Waals surface area contributed by atoms with E-state index in [2.05, 4.69) is 5.32 Å². The number of hydrogen-bond donors (Lipinski definition) is 3. The quantitative estimate of drug-likeness (QED) is 0.543. The molecule has 1 aromatic carbocycles. The van der Waals surface area contributed by atoms with Crippen molar-refractivity contribution >= 4 is 17.5 Å². The van der Waals surface area contributed by atoms with Crippen molar-refractivity contribution < 1.29 is 14.7 Å². The van der Waals surface area contributed by atoms with Gasteiger partial charge in [-0.1, -0.05) is 6.92 Å². The lowest BCUT2D eigenvalue weighted by atomic mass is 10.1. The second-order valence-electron chi connectivity index (χ2n) is 4.47. The summed E-state index contributed by atoms with van der Waals surface area (Å²) in [6.45, 7) is 2.03. The summed E-state index contributed by atoms with van der Waals surface area (Å²) in [5, 5.41) is 12.0. The second-order valence-corrected chi connectivity index (χ2v) is 4.47. The van der Waals surface area contributed by atoms with Crippen LogP contribution >= 0.6 is 0 Å². The van der Waals surface area contributed by atoms with Crippen molar-refractivity contribution in [3.63, 3.8) is 0 Å². The molecule has 19 heavy (non-hydrogen) atoms. The number of nitrogens with one attached hydrogen (secondary N) is 1. The first-order valence-electron chi connectivity index (χ1n) is 5.92. The van der Waals surface area contributed by atoms with Gasteiger partial charge in [0.2, 0.25) is 5.91 Å². The number of phenolic OH excluding ortho intramolecular Hbond substituents is 1. The zero-order chi connectivity index (χ0) is 14.6.